The first-order valence-electron chi connectivity index (χ1n) is 8.05. The predicted octanol–water partition coefficient (Wildman–Crippen LogP) is 4.61. The summed E-state index contributed by atoms with van der Waals surface area (Å²) in [6.45, 7) is 4.15. The first-order valence-corrected chi connectivity index (χ1v) is 10.1. The SMILES string of the molecule is C=CCn1c(SCC(=O)Nc2cccc(I)c2)nnc1-c1ccccc1F. The molecule has 0 fully saturated rings. The van der Waals surface area contributed by atoms with Crippen LogP contribution in [0.3, 0.4) is 0 Å². The van der Waals surface area contributed by atoms with Crippen LogP contribution in [-0.2, 0) is 11.3 Å². The Hall–Kier alpha value is -2.20. The first kappa shape index (κ1) is 19.6. The normalized spacial score (nSPS) is 10.6. The molecule has 0 aliphatic carbocycles. The fourth-order valence-electron chi connectivity index (χ4n) is 2.42. The summed E-state index contributed by atoms with van der Waals surface area (Å²) in [4.78, 5) is 12.2. The number of carbonyl (C=O) groups is 1. The van der Waals surface area contributed by atoms with Gasteiger partial charge in [-0.3, -0.25) is 9.36 Å². The minimum atomic E-state index is -0.372. The number of thioether (sulfide) groups is 1. The zero-order chi connectivity index (χ0) is 19.2. The topological polar surface area (TPSA) is 59.8 Å². The zero-order valence-corrected chi connectivity index (χ0v) is 17.2. The Morgan fingerprint density at radius 1 is 1.26 bits per heavy atom. The Bertz CT molecular complexity index is 976. The quantitative estimate of drug-likeness (QED) is 0.296. The van der Waals surface area contributed by atoms with Crippen LogP contribution in [-0.4, -0.2) is 26.4 Å². The maximum absolute atomic E-state index is 14.1. The molecule has 2 aromatic carbocycles. The number of anilines is 1. The second kappa shape index (κ2) is 9.14. The number of hydrogen-bond donors (Lipinski definition) is 1. The number of carbonyl (C=O) groups excluding carboxylic acids is 1. The van der Waals surface area contributed by atoms with Gasteiger partial charge in [0, 0.05) is 15.8 Å². The number of halogens is 2. The van der Waals surface area contributed by atoms with E-state index in [0.717, 1.165) is 9.26 Å². The van der Waals surface area contributed by atoms with Gasteiger partial charge in [0.2, 0.25) is 5.91 Å². The number of benzene rings is 2. The second-order valence-corrected chi connectivity index (χ2v) is 7.72. The van der Waals surface area contributed by atoms with Crippen LogP contribution < -0.4 is 5.32 Å². The molecular weight excluding hydrogens is 478 g/mol. The third-order valence-corrected chi connectivity index (χ3v) is 5.22. The van der Waals surface area contributed by atoms with Gasteiger partial charge in [0.15, 0.2) is 11.0 Å². The molecule has 0 spiro atoms. The minimum Gasteiger partial charge on any atom is -0.325 e. The highest BCUT2D eigenvalue weighted by Crippen LogP contribution is 2.26. The third kappa shape index (κ3) is 4.95. The number of nitrogens with one attached hydrogen (secondary N) is 1. The number of nitrogens with zero attached hydrogens (tertiary/aromatic N) is 3. The Kier molecular flexibility index (Phi) is 6.62. The van der Waals surface area contributed by atoms with E-state index in [1.807, 2.05) is 24.3 Å². The molecule has 0 atom stereocenters. The highest BCUT2D eigenvalue weighted by molar-refractivity contribution is 14.1. The van der Waals surface area contributed by atoms with Gasteiger partial charge in [-0.15, -0.1) is 16.8 Å². The van der Waals surface area contributed by atoms with Crippen LogP contribution in [0.4, 0.5) is 10.1 Å². The van der Waals surface area contributed by atoms with Crippen molar-refractivity contribution in [3.8, 4) is 11.4 Å². The van der Waals surface area contributed by atoms with Gasteiger partial charge < -0.3 is 5.32 Å². The van der Waals surface area contributed by atoms with Gasteiger partial charge in [-0.2, -0.15) is 0 Å². The molecule has 0 saturated carbocycles. The summed E-state index contributed by atoms with van der Waals surface area (Å²) in [5, 5.41) is 11.6. The summed E-state index contributed by atoms with van der Waals surface area (Å²) in [6, 6.07) is 13.9. The average molecular weight is 494 g/mol. The Balaban J connectivity index is 1.74. The van der Waals surface area contributed by atoms with Crippen molar-refractivity contribution in [2.24, 2.45) is 0 Å². The molecule has 1 N–H and O–H groups in total. The summed E-state index contributed by atoms with van der Waals surface area (Å²) in [5.41, 5.74) is 1.11. The van der Waals surface area contributed by atoms with Crippen molar-refractivity contribution in [1.82, 2.24) is 14.8 Å². The molecule has 0 radical (unpaired) electrons. The molecular formula is C19H16FIN4OS. The van der Waals surface area contributed by atoms with Gasteiger partial charge in [0.25, 0.3) is 0 Å². The van der Waals surface area contributed by atoms with E-state index in [1.54, 1.807) is 28.8 Å². The highest BCUT2D eigenvalue weighted by atomic mass is 127. The van der Waals surface area contributed by atoms with Crippen LogP contribution in [0, 0.1) is 9.39 Å². The lowest BCUT2D eigenvalue weighted by Gasteiger charge is -2.09. The Labute approximate surface area is 174 Å². The molecule has 1 aromatic heterocycles. The molecule has 138 valence electrons. The van der Waals surface area contributed by atoms with Gasteiger partial charge in [0.05, 0.1) is 11.3 Å². The highest BCUT2D eigenvalue weighted by Gasteiger charge is 2.17. The fourth-order valence-corrected chi connectivity index (χ4v) is 3.72. The largest absolute Gasteiger partial charge is 0.325 e. The zero-order valence-electron chi connectivity index (χ0n) is 14.2. The number of hydrogen-bond acceptors (Lipinski definition) is 4. The second-order valence-electron chi connectivity index (χ2n) is 5.53. The summed E-state index contributed by atoms with van der Waals surface area (Å²) >= 11 is 3.43. The molecule has 3 rings (SSSR count). The van der Waals surface area contributed by atoms with E-state index in [0.29, 0.717) is 23.1 Å². The first-order chi connectivity index (χ1) is 13.1. The van der Waals surface area contributed by atoms with Gasteiger partial charge in [0.1, 0.15) is 5.82 Å². The van der Waals surface area contributed by atoms with E-state index in [9.17, 15) is 9.18 Å². The maximum atomic E-state index is 14.1. The summed E-state index contributed by atoms with van der Waals surface area (Å²) in [7, 11) is 0. The predicted molar refractivity (Wildman–Crippen MR) is 114 cm³/mol. The van der Waals surface area contributed by atoms with E-state index in [4.69, 9.17) is 0 Å². The van der Waals surface area contributed by atoms with E-state index in [1.165, 1.54) is 17.8 Å². The van der Waals surface area contributed by atoms with E-state index in [-0.39, 0.29) is 17.5 Å². The van der Waals surface area contributed by atoms with E-state index < -0.39 is 0 Å². The number of amides is 1. The summed E-state index contributed by atoms with van der Waals surface area (Å²) in [5.74, 6) is 0.0529. The van der Waals surface area contributed by atoms with Crippen molar-refractivity contribution < 1.29 is 9.18 Å². The van der Waals surface area contributed by atoms with Crippen molar-refractivity contribution in [2.75, 3.05) is 11.1 Å². The van der Waals surface area contributed by atoms with E-state index >= 15 is 0 Å². The minimum absolute atomic E-state index is 0.150. The lowest BCUT2D eigenvalue weighted by molar-refractivity contribution is -0.113. The Morgan fingerprint density at radius 3 is 2.81 bits per heavy atom. The molecule has 5 nitrogen and oxygen atoms in total. The van der Waals surface area contributed by atoms with Crippen LogP contribution >= 0.6 is 34.4 Å². The monoisotopic (exact) mass is 494 g/mol. The maximum Gasteiger partial charge on any atom is 0.234 e. The van der Waals surface area contributed by atoms with Gasteiger partial charge in [-0.05, 0) is 52.9 Å². The fraction of sp³-hybridized carbons (Fsp3) is 0.105. The third-order valence-electron chi connectivity index (χ3n) is 3.58. The van der Waals surface area contributed by atoms with E-state index in [2.05, 4.69) is 44.7 Å². The standard InChI is InChI=1S/C19H16FIN4OS/c1-2-10-25-18(15-8-3-4-9-16(15)20)23-24-19(25)27-12-17(26)22-14-7-5-6-13(21)11-14/h2-9,11H,1,10,12H2,(H,22,26). The van der Waals surface area contributed by atoms with Crippen LogP contribution in [0.1, 0.15) is 0 Å². The van der Waals surface area contributed by atoms with Crippen LogP contribution in [0.15, 0.2) is 66.3 Å². The number of rotatable bonds is 7. The summed E-state index contributed by atoms with van der Waals surface area (Å²) < 4.78 is 16.9. The molecule has 1 heterocycles. The molecule has 1 amide bonds. The molecule has 0 saturated heterocycles. The van der Waals surface area contributed by atoms with Crippen molar-refractivity contribution in [2.45, 2.75) is 11.7 Å². The van der Waals surface area contributed by atoms with Crippen LogP contribution in [0.5, 0.6) is 0 Å². The molecule has 0 unspecified atom stereocenters. The Morgan fingerprint density at radius 2 is 2.07 bits per heavy atom. The summed E-state index contributed by atoms with van der Waals surface area (Å²) in [6.07, 6.45) is 1.68. The molecule has 8 heteroatoms. The molecule has 0 aliphatic heterocycles. The molecule has 0 bridgehead atoms. The smallest absolute Gasteiger partial charge is 0.234 e. The lowest BCUT2D eigenvalue weighted by atomic mass is 10.2. The van der Waals surface area contributed by atoms with Crippen LogP contribution in [0.2, 0.25) is 0 Å². The molecule has 0 aliphatic rings. The van der Waals surface area contributed by atoms with Crippen LogP contribution in [0.25, 0.3) is 11.4 Å². The molecule has 3 aromatic rings. The van der Waals surface area contributed by atoms with Gasteiger partial charge in [-0.1, -0.05) is 36.0 Å². The average Bonchev–Trinajstić information content (AvgIpc) is 3.03. The van der Waals surface area contributed by atoms with Crippen molar-refractivity contribution in [3.05, 3.63) is 70.6 Å². The van der Waals surface area contributed by atoms with Gasteiger partial charge in [-0.25, -0.2) is 4.39 Å². The number of allylic oxidation sites excluding steroid dienone is 1. The molecule has 27 heavy (non-hydrogen) atoms. The van der Waals surface area contributed by atoms with Crippen molar-refractivity contribution in [3.63, 3.8) is 0 Å². The van der Waals surface area contributed by atoms with Crippen molar-refractivity contribution in [1.29, 1.82) is 0 Å². The lowest BCUT2D eigenvalue weighted by Crippen LogP contribution is -2.14. The number of aromatic nitrogens is 3. The van der Waals surface area contributed by atoms with Crippen molar-refractivity contribution >= 4 is 45.9 Å². The van der Waals surface area contributed by atoms with Gasteiger partial charge >= 0.3 is 0 Å².